The van der Waals surface area contributed by atoms with Crippen LogP contribution in [0.25, 0.3) is 0 Å². The van der Waals surface area contributed by atoms with Gasteiger partial charge in [0, 0.05) is 37.7 Å². The van der Waals surface area contributed by atoms with E-state index in [2.05, 4.69) is 5.32 Å². The van der Waals surface area contributed by atoms with Crippen molar-refractivity contribution in [2.45, 2.75) is 55.9 Å². The second-order valence-electron chi connectivity index (χ2n) is 5.88. The number of hydrogen-bond donors (Lipinski definition) is 1. The Labute approximate surface area is 119 Å². The van der Waals surface area contributed by atoms with E-state index in [0.29, 0.717) is 6.04 Å². The first-order chi connectivity index (χ1) is 9.27. The molecule has 0 unspecified atom stereocenters. The van der Waals surface area contributed by atoms with E-state index in [-0.39, 0.29) is 11.0 Å². The van der Waals surface area contributed by atoms with E-state index in [9.17, 15) is 4.79 Å². The van der Waals surface area contributed by atoms with Crippen molar-refractivity contribution in [3.8, 4) is 0 Å². The maximum absolute atomic E-state index is 12.2. The van der Waals surface area contributed by atoms with Crippen LogP contribution in [0.4, 0.5) is 4.79 Å². The van der Waals surface area contributed by atoms with Gasteiger partial charge in [0.1, 0.15) is 4.93 Å². The van der Waals surface area contributed by atoms with Gasteiger partial charge in [-0.25, -0.2) is 4.79 Å². The van der Waals surface area contributed by atoms with E-state index < -0.39 is 0 Å². The van der Waals surface area contributed by atoms with Crippen LogP contribution in [0, 0.1) is 0 Å². The van der Waals surface area contributed by atoms with Crippen molar-refractivity contribution in [3.63, 3.8) is 0 Å². The molecule has 0 atom stereocenters. The lowest BCUT2D eigenvalue weighted by molar-refractivity contribution is 0.00915. The van der Waals surface area contributed by atoms with Crippen LogP contribution in [0.15, 0.2) is 0 Å². The molecule has 1 saturated carbocycles. The molecule has 5 heteroatoms. The molecule has 1 N–H and O–H groups in total. The summed E-state index contributed by atoms with van der Waals surface area (Å²) in [6.07, 6.45) is 8.13. The molecule has 0 aromatic carbocycles. The molecule has 0 bridgehead atoms. The SMILES string of the molecule is O=C(NC1CCCCC1)N1CCC2(CC1)OCCS2. The second kappa shape index (κ2) is 5.92. The van der Waals surface area contributed by atoms with Gasteiger partial charge in [0.2, 0.25) is 0 Å². The topological polar surface area (TPSA) is 41.6 Å². The zero-order valence-electron chi connectivity index (χ0n) is 11.5. The number of carbonyl (C=O) groups is 1. The molecule has 0 aromatic heterocycles. The highest BCUT2D eigenvalue weighted by Gasteiger charge is 2.40. The van der Waals surface area contributed by atoms with Crippen molar-refractivity contribution in [3.05, 3.63) is 0 Å². The standard InChI is InChI=1S/C14H24N2O2S/c17-13(15-12-4-2-1-3-5-12)16-8-6-14(7-9-16)18-10-11-19-14/h12H,1-11H2,(H,15,17). The van der Waals surface area contributed by atoms with E-state index in [0.717, 1.165) is 51.1 Å². The van der Waals surface area contributed by atoms with Gasteiger partial charge >= 0.3 is 6.03 Å². The summed E-state index contributed by atoms with van der Waals surface area (Å²) < 4.78 is 5.86. The maximum Gasteiger partial charge on any atom is 0.317 e. The molecule has 3 rings (SSSR count). The third-order valence-corrected chi connectivity index (χ3v) is 5.98. The summed E-state index contributed by atoms with van der Waals surface area (Å²) >= 11 is 1.93. The van der Waals surface area contributed by atoms with Crippen LogP contribution in [0.1, 0.15) is 44.9 Å². The Balaban J connectivity index is 1.46. The van der Waals surface area contributed by atoms with E-state index >= 15 is 0 Å². The minimum absolute atomic E-state index is 0.0294. The minimum atomic E-state index is 0.0294. The van der Waals surface area contributed by atoms with E-state index in [1.807, 2.05) is 16.7 Å². The number of piperidine rings is 1. The molecule has 3 fully saturated rings. The molecule has 19 heavy (non-hydrogen) atoms. The predicted molar refractivity (Wildman–Crippen MR) is 77.4 cm³/mol. The summed E-state index contributed by atoms with van der Waals surface area (Å²) in [7, 11) is 0. The average Bonchev–Trinajstić information content (AvgIpc) is 2.89. The number of amides is 2. The van der Waals surface area contributed by atoms with Crippen LogP contribution < -0.4 is 5.32 Å². The Morgan fingerprint density at radius 2 is 1.95 bits per heavy atom. The Morgan fingerprint density at radius 3 is 2.58 bits per heavy atom. The van der Waals surface area contributed by atoms with Crippen molar-refractivity contribution in [1.82, 2.24) is 10.2 Å². The molecule has 4 nitrogen and oxygen atoms in total. The molecule has 0 aromatic rings. The van der Waals surface area contributed by atoms with Gasteiger partial charge in [0.25, 0.3) is 0 Å². The fourth-order valence-electron chi connectivity index (χ4n) is 3.35. The third kappa shape index (κ3) is 3.19. The van der Waals surface area contributed by atoms with Crippen molar-refractivity contribution >= 4 is 17.8 Å². The number of nitrogens with zero attached hydrogens (tertiary/aromatic N) is 1. The molecule has 2 saturated heterocycles. The Bertz CT molecular complexity index is 315. The van der Waals surface area contributed by atoms with E-state index in [1.165, 1.54) is 19.3 Å². The zero-order chi connectivity index (χ0) is 13.1. The number of thioether (sulfide) groups is 1. The maximum atomic E-state index is 12.2. The Kier molecular flexibility index (Phi) is 4.22. The van der Waals surface area contributed by atoms with E-state index in [1.54, 1.807) is 0 Å². The molecule has 1 spiro atoms. The third-order valence-electron chi connectivity index (χ3n) is 4.56. The number of carbonyl (C=O) groups excluding carboxylic acids is 1. The largest absolute Gasteiger partial charge is 0.363 e. The highest BCUT2D eigenvalue weighted by molar-refractivity contribution is 8.00. The molecule has 108 valence electrons. The average molecular weight is 284 g/mol. The Morgan fingerprint density at radius 1 is 1.21 bits per heavy atom. The first kappa shape index (κ1) is 13.6. The molecule has 2 amide bonds. The molecule has 2 aliphatic heterocycles. The van der Waals surface area contributed by atoms with Crippen molar-refractivity contribution in [1.29, 1.82) is 0 Å². The highest BCUT2D eigenvalue weighted by Crippen LogP contribution is 2.41. The number of nitrogens with one attached hydrogen (secondary N) is 1. The van der Waals surface area contributed by atoms with Crippen molar-refractivity contribution < 1.29 is 9.53 Å². The Hall–Kier alpha value is -0.420. The zero-order valence-corrected chi connectivity index (χ0v) is 12.3. The van der Waals surface area contributed by atoms with Crippen LogP contribution in [-0.4, -0.2) is 47.4 Å². The summed E-state index contributed by atoms with van der Waals surface area (Å²) in [5.74, 6) is 1.11. The number of ether oxygens (including phenoxy) is 1. The van der Waals surface area contributed by atoms with Gasteiger partial charge in [0.05, 0.1) is 6.61 Å². The predicted octanol–water partition coefficient (Wildman–Crippen LogP) is 2.58. The molecule has 0 radical (unpaired) electrons. The fourth-order valence-corrected chi connectivity index (χ4v) is 4.53. The van der Waals surface area contributed by atoms with Crippen LogP contribution in [-0.2, 0) is 4.74 Å². The smallest absolute Gasteiger partial charge is 0.317 e. The van der Waals surface area contributed by atoms with E-state index in [4.69, 9.17) is 4.74 Å². The van der Waals surface area contributed by atoms with Crippen LogP contribution in [0.3, 0.4) is 0 Å². The number of urea groups is 1. The number of likely N-dealkylation sites (tertiary alicyclic amines) is 1. The van der Waals surface area contributed by atoms with Gasteiger partial charge < -0.3 is 15.0 Å². The first-order valence-electron chi connectivity index (χ1n) is 7.61. The van der Waals surface area contributed by atoms with Crippen LogP contribution in [0.5, 0.6) is 0 Å². The van der Waals surface area contributed by atoms with Crippen molar-refractivity contribution in [2.75, 3.05) is 25.4 Å². The monoisotopic (exact) mass is 284 g/mol. The van der Waals surface area contributed by atoms with Gasteiger partial charge in [-0.2, -0.15) is 0 Å². The summed E-state index contributed by atoms with van der Waals surface area (Å²) in [6.45, 7) is 2.55. The summed E-state index contributed by atoms with van der Waals surface area (Å²) in [5.41, 5.74) is 0. The minimum Gasteiger partial charge on any atom is -0.363 e. The molecule has 3 aliphatic rings. The fraction of sp³-hybridized carbons (Fsp3) is 0.929. The van der Waals surface area contributed by atoms with Gasteiger partial charge in [-0.15, -0.1) is 11.8 Å². The normalized spacial score (nSPS) is 27.7. The summed E-state index contributed by atoms with van der Waals surface area (Å²) in [5, 5.41) is 3.21. The molecule has 1 aliphatic carbocycles. The number of rotatable bonds is 1. The lowest BCUT2D eigenvalue weighted by atomic mass is 9.96. The molecule has 2 heterocycles. The van der Waals surface area contributed by atoms with Gasteiger partial charge in [-0.3, -0.25) is 0 Å². The lowest BCUT2D eigenvalue weighted by Gasteiger charge is -2.38. The highest BCUT2D eigenvalue weighted by atomic mass is 32.2. The van der Waals surface area contributed by atoms with Crippen molar-refractivity contribution in [2.24, 2.45) is 0 Å². The quantitative estimate of drug-likeness (QED) is 0.804. The lowest BCUT2D eigenvalue weighted by Crippen LogP contribution is -2.51. The van der Waals surface area contributed by atoms with Gasteiger partial charge in [-0.1, -0.05) is 19.3 Å². The number of hydrogen-bond acceptors (Lipinski definition) is 3. The second-order valence-corrected chi connectivity index (χ2v) is 7.32. The molecular weight excluding hydrogens is 260 g/mol. The molecular formula is C14H24N2O2S. The van der Waals surface area contributed by atoms with Crippen LogP contribution >= 0.6 is 11.8 Å². The summed E-state index contributed by atoms with van der Waals surface area (Å²) in [4.78, 5) is 14.2. The van der Waals surface area contributed by atoms with Gasteiger partial charge in [-0.05, 0) is 12.8 Å². The first-order valence-corrected chi connectivity index (χ1v) is 8.59. The summed E-state index contributed by atoms with van der Waals surface area (Å²) in [6, 6.07) is 0.555. The van der Waals surface area contributed by atoms with Gasteiger partial charge in [0.15, 0.2) is 0 Å². The van der Waals surface area contributed by atoms with Crippen LogP contribution in [0.2, 0.25) is 0 Å².